The summed E-state index contributed by atoms with van der Waals surface area (Å²) in [5.41, 5.74) is 1.00. The quantitative estimate of drug-likeness (QED) is 0.522. The van der Waals surface area contributed by atoms with Crippen LogP contribution in [0.1, 0.15) is 55.4 Å². The molecule has 0 N–H and O–H groups in total. The fraction of sp³-hybridized carbons (Fsp3) is 0.714. The fourth-order valence-electron chi connectivity index (χ4n) is 0.227. The second-order valence-corrected chi connectivity index (χ2v) is 7.61. The molecule has 1 aromatic rings. The highest BCUT2D eigenvalue weighted by Crippen LogP contribution is 2.08. The fourth-order valence-corrected chi connectivity index (χ4v) is 0.680. The van der Waals surface area contributed by atoms with Crippen LogP contribution in [-0.2, 0) is 0 Å². The van der Waals surface area contributed by atoms with Gasteiger partial charge in [0.1, 0.15) is 0 Å². The van der Waals surface area contributed by atoms with E-state index in [2.05, 4.69) is 55.4 Å². The number of hydrogen-bond donors (Lipinski definition) is 0. The molecule has 0 atom stereocenters. The van der Waals surface area contributed by atoms with Gasteiger partial charge in [-0.15, -0.1) is 0 Å². The summed E-state index contributed by atoms with van der Waals surface area (Å²) in [6.07, 6.45) is 0. The second-order valence-electron chi connectivity index (χ2n) is 6.79. The van der Waals surface area contributed by atoms with E-state index in [-0.39, 0.29) is 0 Å². The molecule has 90 valence electrons. The smallest absolute Gasteiger partial charge is 0.00934 e. The van der Waals surface area contributed by atoms with Gasteiger partial charge in [0, 0.05) is 0 Å². The van der Waals surface area contributed by atoms with Crippen molar-refractivity contribution in [1.29, 1.82) is 0 Å². The van der Waals surface area contributed by atoms with Gasteiger partial charge in [-0.1, -0.05) is 67.5 Å². The summed E-state index contributed by atoms with van der Waals surface area (Å²) in [5.74, 6) is 0. The van der Waals surface area contributed by atoms with Crippen molar-refractivity contribution in [2.24, 2.45) is 10.8 Å². The van der Waals surface area contributed by atoms with E-state index in [0.717, 1.165) is 0 Å². The first-order valence-electron chi connectivity index (χ1n) is 5.47. The SMILES string of the molecule is CC(C)(C)C.CC(C)(C)C.c1ccsc1. The average molecular weight is 228 g/mol. The Morgan fingerprint density at radius 1 is 0.600 bits per heavy atom. The van der Waals surface area contributed by atoms with Crippen molar-refractivity contribution < 1.29 is 0 Å². The molecule has 0 saturated heterocycles. The number of rotatable bonds is 0. The van der Waals surface area contributed by atoms with E-state index in [1.165, 1.54) is 0 Å². The molecule has 0 unspecified atom stereocenters. The predicted molar refractivity (Wildman–Crippen MR) is 74.6 cm³/mol. The normalized spacial score (nSPS) is 10.7. The minimum Gasteiger partial charge on any atom is -0.152 e. The Balaban J connectivity index is 0. The van der Waals surface area contributed by atoms with Crippen LogP contribution in [0.25, 0.3) is 0 Å². The van der Waals surface area contributed by atoms with Crippen LogP contribution in [0, 0.1) is 10.8 Å². The molecular weight excluding hydrogens is 200 g/mol. The largest absolute Gasteiger partial charge is 0.152 e. The highest BCUT2D eigenvalue weighted by atomic mass is 32.1. The van der Waals surface area contributed by atoms with Crippen LogP contribution >= 0.6 is 11.3 Å². The van der Waals surface area contributed by atoms with E-state index in [1.807, 2.05) is 22.9 Å². The third-order valence-electron chi connectivity index (χ3n) is 0.425. The summed E-state index contributed by atoms with van der Waals surface area (Å²) < 4.78 is 0. The molecule has 0 aromatic carbocycles. The molecule has 1 heterocycles. The highest BCUT2D eigenvalue weighted by Gasteiger charge is 1.96. The summed E-state index contributed by atoms with van der Waals surface area (Å²) in [4.78, 5) is 0. The Labute approximate surface area is 101 Å². The molecule has 0 aliphatic heterocycles. The number of hydrogen-bond acceptors (Lipinski definition) is 1. The first kappa shape index (κ1) is 17.1. The monoisotopic (exact) mass is 228 g/mol. The summed E-state index contributed by atoms with van der Waals surface area (Å²) >= 11 is 1.71. The first-order chi connectivity index (χ1) is 6.50. The van der Waals surface area contributed by atoms with Crippen molar-refractivity contribution in [3.8, 4) is 0 Å². The van der Waals surface area contributed by atoms with Crippen LogP contribution in [0.2, 0.25) is 0 Å². The molecule has 0 amide bonds. The Bertz CT molecular complexity index is 155. The third kappa shape index (κ3) is 84.9. The zero-order valence-corrected chi connectivity index (χ0v) is 12.5. The lowest BCUT2D eigenvalue weighted by atomic mass is 10.0. The van der Waals surface area contributed by atoms with Crippen molar-refractivity contribution in [3.05, 3.63) is 22.9 Å². The van der Waals surface area contributed by atoms with Gasteiger partial charge in [0.2, 0.25) is 0 Å². The van der Waals surface area contributed by atoms with Gasteiger partial charge >= 0.3 is 0 Å². The molecule has 1 heteroatoms. The summed E-state index contributed by atoms with van der Waals surface area (Å²) in [6.45, 7) is 17.5. The maximum atomic E-state index is 2.19. The Morgan fingerprint density at radius 2 is 0.800 bits per heavy atom. The van der Waals surface area contributed by atoms with E-state index < -0.39 is 0 Å². The molecule has 0 nitrogen and oxygen atoms in total. The molecule has 0 fully saturated rings. The van der Waals surface area contributed by atoms with E-state index in [0.29, 0.717) is 10.8 Å². The maximum Gasteiger partial charge on any atom is -0.00934 e. The van der Waals surface area contributed by atoms with E-state index >= 15 is 0 Å². The zero-order chi connectivity index (χ0) is 12.5. The van der Waals surface area contributed by atoms with Crippen molar-refractivity contribution in [2.75, 3.05) is 0 Å². The lowest BCUT2D eigenvalue weighted by molar-refractivity contribution is 0.469. The number of thiophene rings is 1. The van der Waals surface area contributed by atoms with Gasteiger partial charge in [-0.2, -0.15) is 11.3 Å². The van der Waals surface area contributed by atoms with Gasteiger partial charge in [-0.05, 0) is 21.6 Å². The van der Waals surface area contributed by atoms with Gasteiger partial charge in [-0.25, -0.2) is 0 Å². The molecule has 0 aliphatic carbocycles. The van der Waals surface area contributed by atoms with Crippen molar-refractivity contribution in [1.82, 2.24) is 0 Å². The molecule has 0 aliphatic rings. The Hall–Kier alpha value is -0.300. The molecule has 0 radical (unpaired) electrons. The minimum absolute atomic E-state index is 0.500. The zero-order valence-electron chi connectivity index (χ0n) is 11.7. The van der Waals surface area contributed by atoms with Crippen LogP contribution < -0.4 is 0 Å². The maximum absolute atomic E-state index is 2.19. The molecule has 15 heavy (non-hydrogen) atoms. The van der Waals surface area contributed by atoms with Crippen molar-refractivity contribution in [2.45, 2.75) is 55.4 Å². The van der Waals surface area contributed by atoms with Gasteiger partial charge in [0.05, 0.1) is 0 Å². The topological polar surface area (TPSA) is 0 Å². The summed E-state index contributed by atoms with van der Waals surface area (Å²) in [5, 5.41) is 4.08. The van der Waals surface area contributed by atoms with Crippen molar-refractivity contribution in [3.63, 3.8) is 0 Å². The first-order valence-corrected chi connectivity index (χ1v) is 6.41. The van der Waals surface area contributed by atoms with Gasteiger partial charge in [0.25, 0.3) is 0 Å². The Kier molecular flexibility index (Phi) is 9.04. The minimum atomic E-state index is 0.500. The van der Waals surface area contributed by atoms with E-state index in [1.54, 1.807) is 11.3 Å². The standard InChI is InChI=1S/2C5H12.C4H4S/c2*1-5(2,3)4;1-2-4-5-3-1/h2*1-4H3;1-4H. The molecule has 0 spiro atoms. The molecule has 1 aromatic heterocycles. The average Bonchev–Trinajstić information content (AvgIpc) is 2.28. The summed E-state index contributed by atoms with van der Waals surface area (Å²) in [6, 6.07) is 4.04. The van der Waals surface area contributed by atoms with Crippen LogP contribution in [0.3, 0.4) is 0 Å². The van der Waals surface area contributed by atoms with Crippen LogP contribution in [0.15, 0.2) is 22.9 Å². The Morgan fingerprint density at radius 3 is 0.867 bits per heavy atom. The molecular formula is C14H28S. The van der Waals surface area contributed by atoms with Crippen LogP contribution in [-0.4, -0.2) is 0 Å². The van der Waals surface area contributed by atoms with E-state index in [4.69, 9.17) is 0 Å². The second kappa shape index (κ2) is 7.92. The summed E-state index contributed by atoms with van der Waals surface area (Å²) in [7, 11) is 0. The van der Waals surface area contributed by atoms with E-state index in [9.17, 15) is 0 Å². The third-order valence-corrected chi connectivity index (χ3v) is 1.05. The highest BCUT2D eigenvalue weighted by molar-refractivity contribution is 7.07. The predicted octanol–water partition coefficient (Wildman–Crippen LogP) is 5.85. The van der Waals surface area contributed by atoms with Gasteiger partial charge in [-0.3, -0.25) is 0 Å². The van der Waals surface area contributed by atoms with Gasteiger partial charge in [0.15, 0.2) is 0 Å². The molecule has 0 bridgehead atoms. The van der Waals surface area contributed by atoms with Crippen molar-refractivity contribution >= 4 is 11.3 Å². The lowest BCUT2D eigenvalue weighted by Gasteiger charge is -2.05. The van der Waals surface area contributed by atoms with Crippen LogP contribution in [0.4, 0.5) is 0 Å². The molecule has 0 saturated carbocycles. The van der Waals surface area contributed by atoms with Crippen LogP contribution in [0.5, 0.6) is 0 Å². The molecule has 1 rings (SSSR count). The lowest BCUT2D eigenvalue weighted by Crippen LogP contribution is -1.93. The van der Waals surface area contributed by atoms with Gasteiger partial charge < -0.3 is 0 Å².